The average molecular weight is 441 g/mol. The minimum atomic E-state index is -4.45. The molecule has 2 aromatic carbocycles. The van der Waals surface area contributed by atoms with Crippen molar-refractivity contribution < 1.29 is 22.7 Å². The number of allylic oxidation sites excluding steroid dienone is 1. The van der Waals surface area contributed by atoms with Gasteiger partial charge in [0.15, 0.2) is 6.29 Å². The van der Waals surface area contributed by atoms with Gasteiger partial charge < -0.3 is 4.74 Å². The first kappa shape index (κ1) is 21.3. The van der Waals surface area contributed by atoms with Crippen LogP contribution in [0.25, 0.3) is 11.6 Å². The topological polar surface area (TPSA) is 26.3 Å². The van der Waals surface area contributed by atoms with Crippen LogP contribution in [0.2, 0.25) is 0 Å². The second-order valence-electron chi connectivity index (χ2n) is 9.95. The molecule has 4 fully saturated rings. The largest absolute Gasteiger partial charge is 0.496 e. The molecule has 0 aliphatic heterocycles. The first-order valence-corrected chi connectivity index (χ1v) is 11.3. The Morgan fingerprint density at radius 2 is 1.66 bits per heavy atom. The standard InChI is InChI=1S/C27H27F3O2/c1-32-25-11-17(10-22(16-31)21-3-2-4-23(12-21)27(28,29)30)5-6-24(25)26-13-18-7-19(14-26)9-20(8-18)15-26/h2-6,10-12,16,18-20H,7-9,13-15H2,1H3/b22-10+. The molecule has 4 aliphatic rings. The second-order valence-corrected chi connectivity index (χ2v) is 9.95. The lowest BCUT2D eigenvalue weighted by molar-refractivity contribution is -0.137. The highest BCUT2D eigenvalue weighted by atomic mass is 19.4. The van der Waals surface area contributed by atoms with Gasteiger partial charge in [0.2, 0.25) is 0 Å². The maximum Gasteiger partial charge on any atom is 0.416 e. The van der Waals surface area contributed by atoms with Crippen molar-refractivity contribution in [2.24, 2.45) is 17.8 Å². The molecule has 0 atom stereocenters. The van der Waals surface area contributed by atoms with Crippen molar-refractivity contribution in [3.63, 3.8) is 0 Å². The Balaban J connectivity index is 1.49. The van der Waals surface area contributed by atoms with Gasteiger partial charge >= 0.3 is 6.18 Å². The molecule has 4 bridgehead atoms. The van der Waals surface area contributed by atoms with Gasteiger partial charge in [-0.2, -0.15) is 13.2 Å². The molecule has 4 aliphatic carbocycles. The fraction of sp³-hybridized carbons (Fsp3) is 0.444. The summed E-state index contributed by atoms with van der Waals surface area (Å²) in [7, 11) is 1.67. The summed E-state index contributed by atoms with van der Waals surface area (Å²) in [6.45, 7) is 0. The van der Waals surface area contributed by atoms with Crippen molar-refractivity contribution in [2.45, 2.75) is 50.1 Å². The summed E-state index contributed by atoms with van der Waals surface area (Å²) in [6, 6.07) is 10.9. The van der Waals surface area contributed by atoms with Crippen LogP contribution in [0.1, 0.15) is 60.8 Å². The first-order chi connectivity index (χ1) is 15.3. The fourth-order valence-electron chi connectivity index (χ4n) is 6.92. The molecule has 0 heterocycles. The molecular weight excluding hydrogens is 413 g/mol. The zero-order valence-electron chi connectivity index (χ0n) is 18.1. The van der Waals surface area contributed by atoms with E-state index in [9.17, 15) is 18.0 Å². The molecule has 0 unspecified atom stereocenters. The highest BCUT2D eigenvalue weighted by Gasteiger charge is 2.52. The maximum atomic E-state index is 13.1. The van der Waals surface area contributed by atoms with Gasteiger partial charge in [0.25, 0.3) is 0 Å². The van der Waals surface area contributed by atoms with Crippen LogP contribution < -0.4 is 4.74 Å². The summed E-state index contributed by atoms with van der Waals surface area (Å²) in [4.78, 5) is 11.7. The summed E-state index contributed by atoms with van der Waals surface area (Å²) < 4.78 is 45.1. The maximum absolute atomic E-state index is 13.1. The van der Waals surface area contributed by atoms with Crippen molar-refractivity contribution in [3.05, 3.63) is 64.7 Å². The Labute approximate surface area is 186 Å². The van der Waals surface area contributed by atoms with Crippen molar-refractivity contribution in [1.29, 1.82) is 0 Å². The smallest absolute Gasteiger partial charge is 0.416 e. The van der Waals surface area contributed by atoms with Crippen molar-refractivity contribution in [3.8, 4) is 5.75 Å². The average Bonchev–Trinajstić information content (AvgIpc) is 2.76. The molecular formula is C27H27F3O2. The highest BCUT2D eigenvalue weighted by molar-refractivity contribution is 6.13. The summed E-state index contributed by atoms with van der Waals surface area (Å²) in [5.41, 5.74) is 1.87. The quantitative estimate of drug-likeness (QED) is 0.287. The molecule has 0 saturated heterocycles. The van der Waals surface area contributed by atoms with E-state index in [2.05, 4.69) is 6.07 Å². The normalized spacial score (nSPS) is 29.2. The van der Waals surface area contributed by atoms with Crippen LogP contribution in [0.3, 0.4) is 0 Å². The van der Waals surface area contributed by atoms with E-state index in [1.54, 1.807) is 13.2 Å². The van der Waals surface area contributed by atoms with Crippen molar-refractivity contribution in [2.75, 3.05) is 7.11 Å². The molecule has 0 radical (unpaired) electrons. The van der Waals surface area contributed by atoms with Crippen LogP contribution in [0, 0.1) is 17.8 Å². The Hall–Kier alpha value is -2.56. The summed E-state index contributed by atoms with van der Waals surface area (Å²) in [6.07, 6.45) is 5.53. The molecule has 0 spiro atoms. The van der Waals surface area contributed by atoms with Gasteiger partial charge in [-0.05, 0) is 97.1 Å². The third-order valence-electron chi connectivity index (χ3n) is 7.81. The lowest BCUT2D eigenvalue weighted by atomic mass is 9.48. The predicted molar refractivity (Wildman–Crippen MR) is 118 cm³/mol. The number of aldehydes is 1. The molecule has 6 rings (SSSR count). The molecule has 0 N–H and O–H groups in total. The first-order valence-electron chi connectivity index (χ1n) is 11.3. The lowest BCUT2D eigenvalue weighted by Crippen LogP contribution is -2.48. The van der Waals surface area contributed by atoms with E-state index in [0.29, 0.717) is 6.29 Å². The van der Waals surface area contributed by atoms with E-state index in [1.807, 2.05) is 12.1 Å². The lowest BCUT2D eigenvalue weighted by Gasteiger charge is -2.57. The fourth-order valence-corrected chi connectivity index (χ4v) is 6.92. The number of alkyl halides is 3. The van der Waals surface area contributed by atoms with Gasteiger partial charge in [-0.3, -0.25) is 4.79 Å². The third kappa shape index (κ3) is 3.76. The molecule has 0 aromatic heterocycles. The minimum absolute atomic E-state index is 0.177. The zero-order valence-corrected chi connectivity index (χ0v) is 18.1. The van der Waals surface area contributed by atoms with E-state index < -0.39 is 11.7 Å². The molecule has 168 valence electrons. The molecule has 2 aromatic rings. The Morgan fingerprint density at radius 1 is 1.00 bits per heavy atom. The van der Waals surface area contributed by atoms with Gasteiger partial charge in [0.05, 0.1) is 12.7 Å². The Bertz CT molecular complexity index is 1030. The van der Waals surface area contributed by atoms with Crippen molar-refractivity contribution >= 4 is 17.9 Å². The summed E-state index contributed by atoms with van der Waals surface area (Å²) in [5.74, 6) is 3.25. The van der Waals surface area contributed by atoms with Gasteiger partial charge in [-0.1, -0.05) is 24.3 Å². The van der Waals surface area contributed by atoms with Crippen LogP contribution in [-0.2, 0) is 16.4 Å². The number of carbonyl (C=O) groups excluding carboxylic acids is 1. The van der Waals surface area contributed by atoms with Crippen LogP contribution in [0.15, 0.2) is 42.5 Å². The SMILES string of the molecule is COc1cc(/C=C(\C=O)c2cccc(C(F)(F)F)c2)ccc1C12CC3CC(CC(C3)C1)C2. The molecule has 0 amide bonds. The predicted octanol–water partition coefficient (Wildman–Crippen LogP) is 6.92. The molecule has 4 saturated carbocycles. The van der Waals surface area contributed by atoms with Crippen LogP contribution in [-0.4, -0.2) is 13.4 Å². The number of methoxy groups -OCH3 is 1. The number of hydrogen-bond acceptors (Lipinski definition) is 2. The number of halogens is 3. The Kier molecular flexibility index (Phi) is 5.18. The van der Waals surface area contributed by atoms with Crippen molar-refractivity contribution in [1.82, 2.24) is 0 Å². The summed E-state index contributed by atoms with van der Waals surface area (Å²) in [5, 5.41) is 0. The monoisotopic (exact) mass is 440 g/mol. The number of carbonyl (C=O) groups is 1. The minimum Gasteiger partial charge on any atom is -0.496 e. The third-order valence-corrected chi connectivity index (χ3v) is 7.81. The number of benzene rings is 2. The zero-order chi connectivity index (χ0) is 22.5. The van der Waals surface area contributed by atoms with E-state index in [-0.39, 0.29) is 16.6 Å². The van der Waals surface area contributed by atoms with Crippen LogP contribution >= 0.6 is 0 Å². The molecule has 5 heteroatoms. The number of rotatable bonds is 5. The number of ether oxygens (including phenoxy) is 1. The van der Waals surface area contributed by atoms with Crippen LogP contribution in [0.5, 0.6) is 5.75 Å². The number of hydrogen-bond donors (Lipinski definition) is 0. The Morgan fingerprint density at radius 3 is 2.22 bits per heavy atom. The van der Waals surface area contributed by atoms with Gasteiger partial charge in [-0.25, -0.2) is 0 Å². The second kappa shape index (κ2) is 7.79. The summed E-state index contributed by atoms with van der Waals surface area (Å²) >= 11 is 0. The van der Waals surface area contributed by atoms with E-state index in [0.717, 1.165) is 41.2 Å². The molecule has 2 nitrogen and oxygen atoms in total. The van der Waals surface area contributed by atoms with Gasteiger partial charge in [0.1, 0.15) is 5.75 Å². The van der Waals surface area contributed by atoms with Gasteiger partial charge in [0, 0.05) is 11.1 Å². The van der Waals surface area contributed by atoms with E-state index >= 15 is 0 Å². The van der Waals surface area contributed by atoms with E-state index in [4.69, 9.17) is 4.74 Å². The van der Waals surface area contributed by atoms with Gasteiger partial charge in [-0.15, -0.1) is 0 Å². The highest BCUT2D eigenvalue weighted by Crippen LogP contribution is 2.61. The molecule has 32 heavy (non-hydrogen) atoms. The van der Waals surface area contributed by atoms with Crippen LogP contribution in [0.4, 0.5) is 13.2 Å². The van der Waals surface area contributed by atoms with E-state index in [1.165, 1.54) is 56.2 Å².